The number of anilines is 3. The number of aromatic nitrogens is 2. The molecule has 0 saturated heterocycles. The first-order valence-electron chi connectivity index (χ1n) is 8.95. The highest BCUT2D eigenvalue weighted by Gasteiger charge is 2.12. The number of amides is 1. The number of ether oxygens (including phenoxy) is 1. The third-order valence-electron chi connectivity index (χ3n) is 3.34. The van der Waals surface area contributed by atoms with E-state index in [0.29, 0.717) is 16.6 Å². The Morgan fingerprint density at radius 3 is 2.92 bits per heavy atom. The summed E-state index contributed by atoms with van der Waals surface area (Å²) in [6.07, 6.45) is 1.28. The second-order valence-corrected chi connectivity index (χ2v) is 5.34. The summed E-state index contributed by atoms with van der Waals surface area (Å²) < 4.78 is 48.2. The molecule has 0 atom stereocenters. The van der Waals surface area contributed by atoms with Gasteiger partial charge in [0.1, 0.15) is 23.7 Å². The van der Waals surface area contributed by atoms with Crippen molar-refractivity contribution in [3.63, 3.8) is 0 Å². The number of rotatable bonds is 4. The van der Waals surface area contributed by atoms with Gasteiger partial charge < -0.3 is 15.4 Å². The molecule has 0 spiro atoms. The summed E-state index contributed by atoms with van der Waals surface area (Å²) >= 11 is 5.80. The predicted octanol–water partition coefficient (Wildman–Crippen LogP) is 4.13. The lowest BCUT2D eigenvalue weighted by Crippen LogP contribution is -2.07. The fraction of sp³-hybridized carbons (Fsp3) is 0.118. The SMILES string of the molecule is [2H]N(C(=O)C([2H])([2H])[2H])c1cc2c(Nc3ccc(F)c(Cl)c3)ncnc2cc1OC. The molecule has 8 heteroatoms. The molecule has 0 aliphatic carbocycles. The molecule has 0 fully saturated rings. The molecule has 25 heavy (non-hydrogen) atoms. The van der Waals surface area contributed by atoms with Crippen molar-refractivity contribution in [2.75, 3.05) is 17.7 Å². The van der Waals surface area contributed by atoms with Gasteiger partial charge in [-0.25, -0.2) is 14.4 Å². The highest BCUT2D eigenvalue weighted by atomic mass is 35.5. The Balaban J connectivity index is 2.11. The van der Waals surface area contributed by atoms with Gasteiger partial charge in [0.25, 0.3) is 0 Å². The summed E-state index contributed by atoms with van der Waals surface area (Å²) in [4.78, 5) is 20.3. The molecule has 1 amide bonds. The van der Waals surface area contributed by atoms with Gasteiger partial charge in [-0.05, 0) is 24.3 Å². The van der Waals surface area contributed by atoms with Crippen LogP contribution in [0.5, 0.6) is 5.75 Å². The summed E-state index contributed by atoms with van der Waals surface area (Å²) in [7, 11) is 1.32. The minimum Gasteiger partial charge on any atom is -0.494 e. The molecule has 3 aromatic rings. The van der Waals surface area contributed by atoms with Crippen LogP contribution in [0.15, 0.2) is 36.7 Å². The van der Waals surface area contributed by atoms with Gasteiger partial charge in [0.2, 0.25) is 5.91 Å². The Kier molecular flexibility index (Phi) is 3.43. The molecule has 2 aromatic carbocycles. The number of hydrogen-bond acceptors (Lipinski definition) is 5. The topological polar surface area (TPSA) is 76.1 Å². The number of fused-ring (bicyclic) bond motifs is 1. The van der Waals surface area contributed by atoms with E-state index < -0.39 is 18.6 Å². The number of halogens is 2. The van der Waals surface area contributed by atoms with Gasteiger partial charge in [-0.15, -0.1) is 0 Å². The van der Waals surface area contributed by atoms with Crippen molar-refractivity contribution in [1.82, 2.24) is 9.97 Å². The normalized spacial score (nSPS) is 13.4. The van der Waals surface area contributed by atoms with Gasteiger partial charge in [0.15, 0.2) is 1.41 Å². The second kappa shape index (κ2) is 6.90. The third-order valence-corrected chi connectivity index (χ3v) is 3.63. The van der Waals surface area contributed by atoms with Crippen LogP contribution in [0.4, 0.5) is 21.6 Å². The number of nitrogens with one attached hydrogen (secondary N) is 2. The van der Waals surface area contributed by atoms with Gasteiger partial charge in [-0.3, -0.25) is 4.79 Å². The number of nitrogens with zero attached hydrogens (tertiary/aromatic N) is 2. The highest BCUT2D eigenvalue weighted by Crippen LogP contribution is 2.33. The quantitative estimate of drug-likeness (QED) is 0.727. The summed E-state index contributed by atoms with van der Waals surface area (Å²) in [6.45, 7) is -3.00. The van der Waals surface area contributed by atoms with Crippen LogP contribution in [-0.2, 0) is 4.79 Å². The lowest BCUT2D eigenvalue weighted by atomic mass is 10.2. The standard InChI is InChI=1S/C17H14ClFN4O2/c1-9(24)22-15-6-11-14(7-16(15)25-2)20-8-21-17(11)23-10-3-4-13(19)12(18)5-10/h3-8H,1-2H3,(H,22,24)(H,20,21,23)/i1D3/hD. The Morgan fingerprint density at radius 1 is 1.36 bits per heavy atom. The number of hydrogen-bond donors (Lipinski definition) is 2. The van der Waals surface area contributed by atoms with Crippen LogP contribution in [0.25, 0.3) is 10.9 Å². The highest BCUT2D eigenvalue weighted by molar-refractivity contribution is 6.31. The van der Waals surface area contributed by atoms with Crippen molar-refractivity contribution in [3.8, 4) is 5.75 Å². The summed E-state index contributed by atoms with van der Waals surface area (Å²) in [5.74, 6) is -1.62. The molecular weight excluding hydrogens is 347 g/mol. The third kappa shape index (κ3) is 3.61. The van der Waals surface area contributed by atoms with E-state index >= 15 is 0 Å². The molecule has 0 radical (unpaired) electrons. The lowest BCUT2D eigenvalue weighted by Gasteiger charge is -2.13. The first-order chi connectivity index (χ1) is 13.6. The van der Waals surface area contributed by atoms with Crippen molar-refractivity contribution in [2.45, 2.75) is 6.85 Å². The van der Waals surface area contributed by atoms with E-state index in [1.165, 1.54) is 43.8 Å². The molecule has 3 rings (SSSR count). The average molecular weight is 365 g/mol. The Bertz CT molecular complexity index is 1100. The Morgan fingerprint density at radius 2 is 2.20 bits per heavy atom. The Labute approximate surface area is 153 Å². The van der Waals surface area contributed by atoms with E-state index in [-0.39, 0.29) is 27.6 Å². The van der Waals surface area contributed by atoms with Crippen LogP contribution in [0.1, 0.15) is 11.0 Å². The number of carbonyl (C=O) groups excluding carboxylic acids is 1. The molecular formula is C17H14ClFN4O2. The zero-order valence-electron chi connectivity index (χ0n) is 16.9. The van der Waals surface area contributed by atoms with Crippen LogP contribution in [0.3, 0.4) is 0 Å². The smallest absolute Gasteiger partial charge is 0.221 e. The van der Waals surface area contributed by atoms with E-state index in [4.69, 9.17) is 21.9 Å². The van der Waals surface area contributed by atoms with Crippen molar-refractivity contribution in [2.24, 2.45) is 0 Å². The molecule has 0 bridgehead atoms. The van der Waals surface area contributed by atoms with E-state index in [1.54, 1.807) is 0 Å². The molecule has 6 nitrogen and oxygen atoms in total. The fourth-order valence-corrected chi connectivity index (χ4v) is 2.42. The largest absolute Gasteiger partial charge is 0.494 e. The maximum Gasteiger partial charge on any atom is 0.221 e. The van der Waals surface area contributed by atoms with Gasteiger partial charge in [0, 0.05) is 28.1 Å². The molecule has 0 unspecified atom stereocenters. The number of carbonyl (C=O) groups is 1. The molecule has 2 N–H and O–H groups in total. The molecule has 0 aliphatic heterocycles. The van der Waals surface area contributed by atoms with Crippen LogP contribution in [0, 0.1) is 5.82 Å². The monoisotopic (exact) mass is 364 g/mol. The van der Waals surface area contributed by atoms with Gasteiger partial charge in [0.05, 0.1) is 23.3 Å². The zero-order valence-corrected chi connectivity index (χ0v) is 13.6. The molecule has 0 saturated carbocycles. The molecule has 1 aromatic heterocycles. The number of benzene rings is 2. The van der Waals surface area contributed by atoms with Gasteiger partial charge in [-0.1, -0.05) is 11.6 Å². The van der Waals surface area contributed by atoms with Crippen LogP contribution >= 0.6 is 11.6 Å². The fourth-order valence-electron chi connectivity index (χ4n) is 2.24. The summed E-state index contributed by atoms with van der Waals surface area (Å²) in [5, 5.41) is 3.49. The average Bonchev–Trinajstić information content (AvgIpc) is 2.68. The molecule has 0 aliphatic rings. The van der Waals surface area contributed by atoms with Gasteiger partial charge in [-0.2, -0.15) is 0 Å². The first-order valence-corrected chi connectivity index (χ1v) is 7.38. The molecule has 128 valence electrons. The van der Waals surface area contributed by atoms with E-state index in [9.17, 15) is 9.18 Å². The van der Waals surface area contributed by atoms with Crippen molar-refractivity contribution >= 4 is 45.6 Å². The number of methoxy groups -OCH3 is 1. The predicted molar refractivity (Wildman–Crippen MR) is 95.1 cm³/mol. The Hall–Kier alpha value is -2.93. The van der Waals surface area contributed by atoms with Crippen LogP contribution in [0.2, 0.25) is 6.43 Å². The first kappa shape index (κ1) is 12.4. The second-order valence-electron chi connectivity index (χ2n) is 4.93. The summed E-state index contributed by atoms with van der Waals surface area (Å²) in [5.41, 5.74) is 0.747. The van der Waals surface area contributed by atoms with Crippen molar-refractivity contribution < 1.29 is 19.4 Å². The van der Waals surface area contributed by atoms with Crippen molar-refractivity contribution in [1.29, 1.82) is 0 Å². The van der Waals surface area contributed by atoms with E-state index in [0.717, 1.165) is 0 Å². The van der Waals surface area contributed by atoms with Gasteiger partial charge >= 0.3 is 0 Å². The lowest BCUT2D eigenvalue weighted by molar-refractivity contribution is -0.114. The minimum atomic E-state index is -3.00. The van der Waals surface area contributed by atoms with Crippen LogP contribution < -0.4 is 15.4 Å². The van der Waals surface area contributed by atoms with Crippen molar-refractivity contribution in [3.05, 3.63) is 47.5 Å². The molecule has 1 heterocycles. The zero-order chi connectivity index (χ0) is 21.3. The van der Waals surface area contributed by atoms with Crippen LogP contribution in [-0.4, -0.2) is 23.0 Å². The van der Waals surface area contributed by atoms with E-state index in [1.807, 2.05) is 0 Å². The minimum absolute atomic E-state index is 0.0829. The maximum absolute atomic E-state index is 13.4. The summed E-state index contributed by atoms with van der Waals surface area (Å²) in [6, 6.07) is 6.81. The maximum atomic E-state index is 13.4. The van der Waals surface area contributed by atoms with E-state index in [2.05, 4.69) is 15.3 Å².